The van der Waals surface area contributed by atoms with Gasteiger partial charge >= 0.3 is 0 Å². The summed E-state index contributed by atoms with van der Waals surface area (Å²) in [6, 6.07) is 91.1. The second kappa shape index (κ2) is 20.1. The highest BCUT2D eigenvalue weighted by molar-refractivity contribution is 7.92. The minimum atomic E-state index is -4.04. The fourth-order valence-corrected chi connectivity index (χ4v) is 17.2. The van der Waals surface area contributed by atoms with Crippen LogP contribution in [0.3, 0.4) is 0 Å². The number of nitrogens with zero attached hydrogens (tertiary/aromatic N) is 3. The van der Waals surface area contributed by atoms with Crippen molar-refractivity contribution in [1.82, 2.24) is 14.1 Å². The Labute approximate surface area is 517 Å². The second-order valence-electron chi connectivity index (χ2n) is 22.7. The normalized spacial score (nSPS) is 13.7. The lowest BCUT2D eigenvalue weighted by atomic mass is 9.86. The molecule has 0 saturated heterocycles. The van der Waals surface area contributed by atoms with Crippen LogP contribution in [0.1, 0.15) is 31.8 Å². The van der Waals surface area contributed by atoms with Crippen LogP contribution in [0.4, 0.5) is 0 Å². The van der Waals surface area contributed by atoms with Crippen LogP contribution >= 0.6 is 0 Å². The van der Waals surface area contributed by atoms with Gasteiger partial charge in [0.2, 0.25) is 19.7 Å². The fourth-order valence-electron chi connectivity index (χ4n) is 13.9. The van der Waals surface area contributed by atoms with Crippen LogP contribution in [-0.2, 0) is 19.7 Å². The first-order valence-electron chi connectivity index (χ1n) is 29.5. The Balaban J connectivity index is 0.989. The summed E-state index contributed by atoms with van der Waals surface area (Å²) in [4.78, 5) is 35.1. The summed E-state index contributed by atoms with van der Waals surface area (Å²) in [6.45, 7) is 0. The number of ketones is 2. The van der Waals surface area contributed by atoms with Gasteiger partial charge in [-0.3, -0.25) is 9.59 Å². The summed E-state index contributed by atoms with van der Waals surface area (Å²) in [5, 5.41) is 4.34. The number of sulfone groups is 2. The molecule has 3 aromatic heterocycles. The molecular weight excluding hydrogens is 1150 g/mol. The van der Waals surface area contributed by atoms with Crippen LogP contribution < -0.4 is 0 Å². The molecule has 0 N–H and O–H groups in total. The van der Waals surface area contributed by atoms with E-state index in [2.05, 4.69) is 130 Å². The average Bonchev–Trinajstić information content (AvgIpc) is 1.07. The molecule has 0 radical (unpaired) electrons. The van der Waals surface area contributed by atoms with E-state index in [1.165, 1.54) is 12.1 Å². The molecule has 426 valence electrons. The standard InChI is InChI=1S/C79H47N3O6S2/c83-78-60-31-11-19-39-72(60)89(85,86)74-43-41-48(45-64(74)78)50-21-1-3-23-52(50)62-47-63(57-28-9-17-37-70(57)81-66-33-13-5-24-53(66)54-25-6-14-34-67(54)81)76(80-77(62)59-30-10-18-38-71(59)82-68-35-15-7-26-55(68)56-27-8-16-36-69(56)82)58-29-4-2-22-51(58)49-42-44-75-65(46-49)79(84)61-32-12-20-40-73(61)90(75,87)88/h1-47H. The molecule has 9 nitrogen and oxygen atoms in total. The molecular formula is C79H47N3O6S2. The van der Waals surface area contributed by atoms with Gasteiger partial charge in [-0.2, -0.15) is 0 Å². The Morgan fingerprint density at radius 1 is 0.244 bits per heavy atom. The molecule has 12 aromatic carbocycles. The van der Waals surface area contributed by atoms with E-state index in [4.69, 9.17) is 4.98 Å². The SMILES string of the molecule is O=C1c2ccccc2S(=O)(=O)c2ccc(-c3ccccc3-c3cc(-c4ccccc4-n4c5ccccc5c5ccccc54)c(-c4ccccc4-c4ccc5c(c4)C(=O)c4ccccc4S5(=O)=O)nc3-c3ccccc3-n3c4ccccc4c4ccccc43)cc21. The maximum Gasteiger partial charge on any atom is 0.208 e. The lowest BCUT2D eigenvalue weighted by Gasteiger charge is -2.24. The minimum Gasteiger partial charge on any atom is -0.309 e. The zero-order chi connectivity index (χ0) is 60.6. The van der Waals surface area contributed by atoms with Crippen molar-refractivity contribution in [3.8, 4) is 78.4 Å². The Morgan fingerprint density at radius 3 is 1.02 bits per heavy atom. The van der Waals surface area contributed by atoms with Gasteiger partial charge in [0.25, 0.3) is 0 Å². The molecule has 2 aliphatic rings. The summed E-state index contributed by atoms with van der Waals surface area (Å²) in [5.74, 6) is -0.755. The van der Waals surface area contributed by atoms with Crippen molar-refractivity contribution in [3.05, 3.63) is 307 Å². The van der Waals surface area contributed by atoms with Gasteiger partial charge in [-0.1, -0.05) is 194 Å². The van der Waals surface area contributed by atoms with Crippen molar-refractivity contribution in [1.29, 1.82) is 0 Å². The van der Waals surface area contributed by atoms with Crippen LogP contribution in [0.2, 0.25) is 0 Å². The third-order valence-electron chi connectivity index (χ3n) is 17.9. The smallest absolute Gasteiger partial charge is 0.208 e. The molecule has 0 aliphatic carbocycles. The highest BCUT2D eigenvalue weighted by Crippen LogP contribution is 2.50. The number of rotatable bonds is 8. The summed E-state index contributed by atoms with van der Waals surface area (Å²) >= 11 is 0. The number of fused-ring (bicyclic) bond motifs is 10. The van der Waals surface area contributed by atoms with Crippen LogP contribution in [0.5, 0.6) is 0 Å². The molecule has 90 heavy (non-hydrogen) atoms. The largest absolute Gasteiger partial charge is 0.309 e. The molecule has 0 atom stereocenters. The van der Waals surface area contributed by atoms with E-state index in [9.17, 15) is 26.4 Å². The molecule has 0 fully saturated rings. The fraction of sp³-hybridized carbons (Fsp3) is 0. The first kappa shape index (κ1) is 52.9. The van der Waals surface area contributed by atoms with E-state index in [-0.39, 0.29) is 53.4 Å². The van der Waals surface area contributed by atoms with Crippen LogP contribution in [0.15, 0.2) is 305 Å². The molecule has 2 aliphatic heterocycles. The number of carbonyl (C=O) groups is 2. The zero-order valence-electron chi connectivity index (χ0n) is 47.7. The van der Waals surface area contributed by atoms with Crippen molar-refractivity contribution in [2.24, 2.45) is 0 Å². The lowest BCUT2D eigenvalue weighted by Crippen LogP contribution is -2.20. The van der Waals surface area contributed by atoms with Crippen molar-refractivity contribution in [3.63, 3.8) is 0 Å². The quantitative estimate of drug-likeness (QED) is 0.148. The average molecular weight is 1200 g/mol. The number of pyridine rings is 1. The molecule has 0 saturated carbocycles. The lowest BCUT2D eigenvalue weighted by molar-refractivity contribution is 0.102. The molecule has 0 amide bonds. The molecule has 17 rings (SSSR count). The Morgan fingerprint density at radius 2 is 0.556 bits per heavy atom. The first-order valence-corrected chi connectivity index (χ1v) is 32.5. The van der Waals surface area contributed by atoms with Gasteiger partial charge in [-0.15, -0.1) is 0 Å². The summed E-state index contributed by atoms with van der Waals surface area (Å²) in [7, 11) is -8.08. The zero-order valence-corrected chi connectivity index (χ0v) is 49.4. The predicted octanol–water partition coefficient (Wildman–Crippen LogP) is 18.0. The first-order chi connectivity index (χ1) is 44.0. The number of aromatic nitrogens is 3. The minimum absolute atomic E-state index is 0.0116. The maximum atomic E-state index is 14.5. The third kappa shape index (κ3) is 7.83. The van der Waals surface area contributed by atoms with Gasteiger partial charge in [0.15, 0.2) is 11.6 Å². The van der Waals surface area contributed by atoms with E-state index in [0.29, 0.717) is 33.6 Å². The Bertz CT molecular complexity index is 5430. The molecule has 0 bridgehead atoms. The van der Waals surface area contributed by atoms with Crippen LogP contribution in [0, 0.1) is 0 Å². The van der Waals surface area contributed by atoms with E-state index in [0.717, 1.165) is 88.4 Å². The number of hydrogen-bond donors (Lipinski definition) is 0. The van der Waals surface area contributed by atoms with Gasteiger partial charge in [0.1, 0.15) is 0 Å². The summed E-state index contributed by atoms with van der Waals surface area (Å²) < 4.78 is 61.8. The summed E-state index contributed by atoms with van der Waals surface area (Å²) in [6.07, 6.45) is 0. The van der Waals surface area contributed by atoms with E-state index in [1.54, 1.807) is 72.8 Å². The van der Waals surface area contributed by atoms with Crippen molar-refractivity contribution >= 4 is 74.9 Å². The monoisotopic (exact) mass is 1200 g/mol. The maximum absolute atomic E-state index is 14.5. The second-order valence-corrected chi connectivity index (χ2v) is 26.5. The van der Waals surface area contributed by atoms with Crippen molar-refractivity contribution in [2.45, 2.75) is 19.6 Å². The number of benzene rings is 12. The highest BCUT2D eigenvalue weighted by Gasteiger charge is 2.37. The van der Waals surface area contributed by atoms with E-state index >= 15 is 0 Å². The van der Waals surface area contributed by atoms with E-state index in [1.807, 2.05) is 78.9 Å². The van der Waals surface area contributed by atoms with Crippen molar-refractivity contribution in [2.75, 3.05) is 0 Å². The molecule has 11 heteroatoms. The summed E-state index contributed by atoms with van der Waals surface area (Å²) in [5.41, 5.74) is 14.6. The molecule has 0 spiro atoms. The van der Waals surface area contributed by atoms with Gasteiger partial charge in [0.05, 0.1) is 64.4 Å². The van der Waals surface area contributed by atoms with Crippen LogP contribution in [0.25, 0.3) is 122 Å². The van der Waals surface area contributed by atoms with Gasteiger partial charge in [0, 0.05) is 71.6 Å². The Kier molecular flexibility index (Phi) is 11.8. The number of carbonyl (C=O) groups excluding carboxylic acids is 2. The predicted molar refractivity (Wildman–Crippen MR) is 356 cm³/mol. The van der Waals surface area contributed by atoms with Gasteiger partial charge < -0.3 is 9.13 Å². The third-order valence-corrected chi connectivity index (χ3v) is 21.6. The molecule has 0 unspecified atom stereocenters. The van der Waals surface area contributed by atoms with Crippen LogP contribution in [-0.4, -0.2) is 42.5 Å². The highest BCUT2D eigenvalue weighted by atomic mass is 32.2. The number of para-hydroxylation sites is 6. The van der Waals surface area contributed by atoms with Gasteiger partial charge in [-0.25, -0.2) is 21.8 Å². The number of hydrogen-bond acceptors (Lipinski definition) is 7. The van der Waals surface area contributed by atoms with E-state index < -0.39 is 19.7 Å². The topological polar surface area (TPSA) is 125 Å². The van der Waals surface area contributed by atoms with Gasteiger partial charge in [-0.05, 0) is 119 Å². The Hall–Kier alpha value is -11.4. The molecule has 5 heterocycles. The molecule has 15 aromatic rings. The van der Waals surface area contributed by atoms with Crippen molar-refractivity contribution < 1.29 is 26.4 Å².